The first kappa shape index (κ1) is 19.7. The van der Waals surface area contributed by atoms with Gasteiger partial charge >= 0.3 is 0 Å². The molecule has 7 nitrogen and oxygen atoms in total. The minimum atomic E-state index is -0.894. The van der Waals surface area contributed by atoms with Gasteiger partial charge in [-0.25, -0.2) is 0 Å². The fourth-order valence-corrected chi connectivity index (χ4v) is 2.74. The Morgan fingerprint density at radius 1 is 1.42 bits per heavy atom. The second kappa shape index (κ2) is 8.66. The third-order valence-corrected chi connectivity index (χ3v) is 4.54. The predicted octanol–water partition coefficient (Wildman–Crippen LogP) is 2.61. The van der Waals surface area contributed by atoms with E-state index in [4.69, 9.17) is 0 Å². The van der Waals surface area contributed by atoms with Gasteiger partial charge in [-0.05, 0) is 43.9 Å². The Hall–Kier alpha value is -2.61. The van der Waals surface area contributed by atoms with Crippen LogP contribution in [0.1, 0.15) is 49.4 Å². The maximum absolute atomic E-state index is 13.1. The summed E-state index contributed by atoms with van der Waals surface area (Å²) < 4.78 is 3.74. The number of hydrogen-bond donors (Lipinski definition) is 1. The summed E-state index contributed by atoms with van der Waals surface area (Å²) in [7, 11) is 0. The summed E-state index contributed by atoms with van der Waals surface area (Å²) in [5, 5.41) is 8.40. The van der Waals surface area contributed by atoms with E-state index >= 15 is 0 Å². The maximum Gasteiger partial charge on any atom is 0.276 e. The predicted molar refractivity (Wildman–Crippen MR) is 101 cm³/mol. The van der Waals surface area contributed by atoms with Gasteiger partial charge in [0.1, 0.15) is 0 Å². The van der Waals surface area contributed by atoms with Crippen molar-refractivity contribution in [1.29, 1.82) is 0 Å². The molecule has 2 rings (SSSR count). The van der Waals surface area contributed by atoms with Gasteiger partial charge < -0.3 is 10.2 Å². The highest BCUT2D eigenvalue weighted by Crippen LogP contribution is 2.23. The lowest BCUT2D eigenvalue weighted by Gasteiger charge is -2.33. The fourth-order valence-electron chi connectivity index (χ4n) is 2.31. The van der Waals surface area contributed by atoms with E-state index in [1.165, 1.54) is 4.90 Å². The van der Waals surface area contributed by atoms with Crippen molar-refractivity contribution in [3.05, 3.63) is 53.8 Å². The third-order valence-electron chi connectivity index (χ3n) is 4.04. The first-order valence-corrected chi connectivity index (χ1v) is 9.15. The monoisotopic (exact) mass is 373 g/mol. The normalized spacial score (nSPS) is 12.3. The molecule has 8 heteroatoms. The molecule has 0 spiro atoms. The largest absolute Gasteiger partial charge is 0.349 e. The van der Waals surface area contributed by atoms with E-state index in [9.17, 15) is 9.59 Å². The summed E-state index contributed by atoms with van der Waals surface area (Å²) in [6.45, 7) is 9.75. The fraction of sp³-hybridized carbons (Fsp3) is 0.389. The van der Waals surface area contributed by atoms with E-state index < -0.39 is 17.5 Å². The van der Waals surface area contributed by atoms with Crippen LogP contribution in [0, 0.1) is 0 Å². The van der Waals surface area contributed by atoms with Gasteiger partial charge in [0, 0.05) is 23.7 Å². The zero-order valence-corrected chi connectivity index (χ0v) is 16.0. The quantitative estimate of drug-likeness (QED) is 0.719. The molecular formula is C18H23N5O2S. The first-order valence-electron chi connectivity index (χ1n) is 8.31. The number of carbonyl (C=O) groups is 2. The van der Waals surface area contributed by atoms with Crippen LogP contribution in [0.15, 0.2) is 42.4 Å². The van der Waals surface area contributed by atoms with Crippen LogP contribution in [0.5, 0.6) is 0 Å². The van der Waals surface area contributed by atoms with Crippen molar-refractivity contribution in [3.8, 4) is 0 Å². The number of amides is 2. The highest BCUT2D eigenvalue weighted by Gasteiger charge is 2.35. The number of nitrogens with one attached hydrogen (secondary N) is 1. The minimum absolute atomic E-state index is 0.178. The first-order chi connectivity index (χ1) is 12.4. The average molecular weight is 373 g/mol. The Bertz CT molecular complexity index is 746. The Morgan fingerprint density at radius 3 is 2.73 bits per heavy atom. The van der Waals surface area contributed by atoms with E-state index in [0.29, 0.717) is 5.69 Å². The smallest absolute Gasteiger partial charge is 0.276 e. The molecule has 1 unspecified atom stereocenters. The van der Waals surface area contributed by atoms with Crippen LogP contribution >= 0.6 is 11.5 Å². The third kappa shape index (κ3) is 4.72. The van der Waals surface area contributed by atoms with Gasteiger partial charge in [0.15, 0.2) is 11.7 Å². The lowest BCUT2D eigenvalue weighted by molar-refractivity contribution is -0.127. The molecule has 0 aliphatic carbocycles. The van der Waals surface area contributed by atoms with Crippen molar-refractivity contribution in [1.82, 2.24) is 24.8 Å². The molecule has 2 heterocycles. The van der Waals surface area contributed by atoms with Gasteiger partial charge in [0.25, 0.3) is 5.91 Å². The lowest BCUT2D eigenvalue weighted by Crippen LogP contribution is -2.50. The Balaban J connectivity index is 2.44. The standard InChI is InChI=1S/C18H23N5O2S/c1-5-11-23(17(25)14-12-26-22-21-14)15(13-9-7-8-10-19-13)16(24)20-18(3,4)6-2/h5,7-10,12,15H,1,6,11H2,2-4H3,(H,20,24). The van der Waals surface area contributed by atoms with Gasteiger partial charge in [0.05, 0.1) is 5.69 Å². The van der Waals surface area contributed by atoms with E-state index in [2.05, 4.69) is 26.5 Å². The van der Waals surface area contributed by atoms with E-state index in [1.807, 2.05) is 20.8 Å². The van der Waals surface area contributed by atoms with Crippen molar-refractivity contribution >= 4 is 23.3 Å². The van der Waals surface area contributed by atoms with Crippen molar-refractivity contribution in [3.63, 3.8) is 0 Å². The van der Waals surface area contributed by atoms with Gasteiger partial charge in [-0.3, -0.25) is 14.6 Å². The molecule has 1 N–H and O–H groups in total. The summed E-state index contributed by atoms with van der Waals surface area (Å²) in [6.07, 6.45) is 3.92. The second-order valence-corrected chi connectivity index (χ2v) is 7.03. The van der Waals surface area contributed by atoms with E-state index in [0.717, 1.165) is 18.0 Å². The van der Waals surface area contributed by atoms with Crippen LogP contribution < -0.4 is 5.32 Å². The number of hydrogen-bond acceptors (Lipinski definition) is 6. The number of pyridine rings is 1. The van der Waals surface area contributed by atoms with Crippen molar-refractivity contribution in [2.24, 2.45) is 0 Å². The molecule has 0 bridgehead atoms. The topological polar surface area (TPSA) is 88.1 Å². The molecule has 0 saturated heterocycles. The number of carbonyl (C=O) groups excluding carboxylic acids is 2. The summed E-state index contributed by atoms with van der Waals surface area (Å²) in [5.74, 6) is -0.687. The van der Waals surface area contributed by atoms with Crippen molar-refractivity contribution in [2.45, 2.75) is 38.8 Å². The minimum Gasteiger partial charge on any atom is -0.349 e. The zero-order chi connectivity index (χ0) is 19.2. The van der Waals surface area contributed by atoms with E-state index in [1.54, 1.807) is 35.9 Å². The zero-order valence-electron chi connectivity index (χ0n) is 15.2. The molecule has 2 aromatic rings. The van der Waals surface area contributed by atoms with Crippen molar-refractivity contribution in [2.75, 3.05) is 6.54 Å². The molecule has 2 amide bonds. The van der Waals surface area contributed by atoms with Crippen LogP contribution in [0.2, 0.25) is 0 Å². The molecule has 0 aromatic carbocycles. The molecule has 2 aromatic heterocycles. The average Bonchev–Trinajstić information content (AvgIpc) is 3.16. The number of aromatic nitrogens is 3. The molecule has 0 saturated carbocycles. The summed E-state index contributed by atoms with van der Waals surface area (Å²) >= 11 is 1.08. The molecule has 0 radical (unpaired) electrons. The van der Waals surface area contributed by atoms with Gasteiger partial charge in [-0.2, -0.15) is 0 Å². The molecule has 26 heavy (non-hydrogen) atoms. The summed E-state index contributed by atoms with van der Waals surface area (Å²) in [4.78, 5) is 31.7. The molecule has 138 valence electrons. The summed E-state index contributed by atoms with van der Waals surface area (Å²) in [6, 6.07) is 4.38. The van der Waals surface area contributed by atoms with Crippen LogP contribution in [0.3, 0.4) is 0 Å². The van der Waals surface area contributed by atoms with Crippen molar-refractivity contribution < 1.29 is 9.59 Å². The van der Waals surface area contributed by atoms with Crippen LogP contribution in [0.25, 0.3) is 0 Å². The molecule has 1 atom stereocenters. The van der Waals surface area contributed by atoms with Gasteiger partial charge in [-0.15, -0.1) is 11.7 Å². The Labute approximate surface area is 157 Å². The SMILES string of the molecule is C=CCN(C(=O)c1csnn1)C(C(=O)NC(C)(C)CC)c1ccccn1. The highest BCUT2D eigenvalue weighted by atomic mass is 32.1. The molecule has 0 aliphatic heterocycles. The highest BCUT2D eigenvalue weighted by molar-refractivity contribution is 7.03. The van der Waals surface area contributed by atoms with Gasteiger partial charge in [0.2, 0.25) is 5.91 Å². The maximum atomic E-state index is 13.1. The lowest BCUT2D eigenvalue weighted by atomic mass is 10.00. The molecular weight excluding hydrogens is 350 g/mol. The molecule has 0 aliphatic rings. The van der Waals surface area contributed by atoms with Crippen LogP contribution in [0.4, 0.5) is 0 Å². The van der Waals surface area contributed by atoms with Crippen LogP contribution in [-0.2, 0) is 4.79 Å². The Kier molecular flexibility index (Phi) is 6.57. The summed E-state index contributed by atoms with van der Waals surface area (Å²) in [5.41, 5.74) is 0.269. The van der Waals surface area contributed by atoms with E-state index in [-0.39, 0.29) is 18.1 Å². The number of rotatable bonds is 8. The molecule has 0 fully saturated rings. The van der Waals surface area contributed by atoms with Gasteiger partial charge in [-0.1, -0.05) is 23.6 Å². The Morgan fingerprint density at radius 2 is 2.19 bits per heavy atom. The second-order valence-electron chi connectivity index (χ2n) is 6.42. The number of nitrogens with zero attached hydrogens (tertiary/aromatic N) is 4. The van der Waals surface area contributed by atoms with Crippen LogP contribution in [-0.4, -0.2) is 43.4 Å².